The van der Waals surface area contributed by atoms with Crippen LogP contribution in [0.3, 0.4) is 0 Å². The van der Waals surface area contributed by atoms with E-state index in [1.165, 1.54) is 0 Å². The molecule has 0 aliphatic rings. The first-order valence-electron chi connectivity index (χ1n) is 7.63. The van der Waals surface area contributed by atoms with E-state index < -0.39 is 0 Å². The number of aromatic nitrogens is 2. The Kier molecular flexibility index (Phi) is 4.65. The first-order chi connectivity index (χ1) is 11.7. The molecule has 3 rings (SSSR count). The number of amides is 1. The third kappa shape index (κ3) is 3.65. The van der Waals surface area contributed by atoms with E-state index in [0.29, 0.717) is 18.0 Å². The molecule has 24 heavy (non-hydrogen) atoms. The number of H-pyrrole nitrogens is 1. The maximum Gasteiger partial charge on any atom is 0.258 e. The van der Waals surface area contributed by atoms with E-state index in [4.69, 9.17) is 9.47 Å². The molecule has 0 saturated carbocycles. The van der Waals surface area contributed by atoms with Crippen molar-refractivity contribution in [1.29, 1.82) is 0 Å². The second-order valence-electron chi connectivity index (χ2n) is 5.39. The Morgan fingerprint density at radius 1 is 1.21 bits per heavy atom. The van der Waals surface area contributed by atoms with E-state index in [0.717, 1.165) is 22.4 Å². The lowest BCUT2D eigenvalue weighted by Crippen LogP contribution is -2.28. The van der Waals surface area contributed by atoms with E-state index >= 15 is 0 Å². The highest BCUT2D eigenvalue weighted by Crippen LogP contribution is 2.25. The van der Waals surface area contributed by atoms with Crippen molar-refractivity contribution in [2.24, 2.45) is 0 Å². The molecule has 1 aromatic heterocycles. The lowest BCUT2D eigenvalue weighted by molar-refractivity contribution is -0.123. The van der Waals surface area contributed by atoms with Crippen molar-refractivity contribution < 1.29 is 14.3 Å². The third-order valence-corrected chi connectivity index (χ3v) is 3.58. The number of methoxy groups -OCH3 is 1. The van der Waals surface area contributed by atoms with Crippen LogP contribution in [0.2, 0.25) is 0 Å². The van der Waals surface area contributed by atoms with E-state index in [1.807, 2.05) is 37.3 Å². The summed E-state index contributed by atoms with van der Waals surface area (Å²) >= 11 is 0. The van der Waals surface area contributed by atoms with Crippen molar-refractivity contribution in [3.8, 4) is 11.5 Å². The van der Waals surface area contributed by atoms with E-state index in [2.05, 4.69) is 15.3 Å². The van der Waals surface area contributed by atoms with Crippen LogP contribution >= 0.6 is 0 Å². The van der Waals surface area contributed by atoms with Gasteiger partial charge < -0.3 is 19.8 Å². The number of ether oxygens (including phenoxy) is 2. The van der Waals surface area contributed by atoms with Crippen LogP contribution in [-0.2, 0) is 11.3 Å². The van der Waals surface area contributed by atoms with E-state index in [9.17, 15) is 4.79 Å². The normalized spacial score (nSPS) is 10.6. The number of aromatic amines is 1. The molecule has 1 heterocycles. The number of aryl methyl sites for hydroxylation is 1. The number of nitrogens with zero attached hydrogens (tertiary/aromatic N) is 1. The Morgan fingerprint density at radius 2 is 2.00 bits per heavy atom. The summed E-state index contributed by atoms with van der Waals surface area (Å²) < 4.78 is 10.7. The van der Waals surface area contributed by atoms with Gasteiger partial charge in [0.05, 0.1) is 18.1 Å². The van der Waals surface area contributed by atoms with Gasteiger partial charge in [0.2, 0.25) is 0 Å². The minimum atomic E-state index is -0.193. The molecule has 1 amide bonds. The van der Waals surface area contributed by atoms with Crippen LogP contribution < -0.4 is 14.8 Å². The van der Waals surface area contributed by atoms with Crippen LogP contribution in [0.1, 0.15) is 11.4 Å². The maximum atomic E-state index is 12.0. The molecule has 0 saturated heterocycles. The maximum absolute atomic E-state index is 12.0. The molecule has 0 aliphatic heterocycles. The average Bonchev–Trinajstić information content (AvgIpc) is 2.97. The van der Waals surface area contributed by atoms with Gasteiger partial charge >= 0.3 is 0 Å². The van der Waals surface area contributed by atoms with Gasteiger partial charge in [-0.3, -0.25) is 4.79 Å². The molecular formula is C18H19N3O3. The molecule has 0 atom stereocenters. The van der Waals surface area contributed by atoms with Crippen LogP contribution in [0.5, 0.6) is 11.5 Å². The number of benzene rings is 2. The van der Waals surface area contributed by atoms with Gasteiger partial charge in [0.15, 0.2) is 18.1 Å². The smallest absolute Gasteiger partial charge is 0.258 e. The van der Waals surface area contributed by atoms with Gasteiger partial charge in [0.25, 0.3) is 5.91 Å². The number of hydrogen-bond acceptors (Lipinski definition) is 4. The second kappa shape index (κ2) is 7.04. The molecule has 0 bridgehead atoms. The number of carbonyl (C=O) groups excluding carboxylic acids is 1. The first kappa shape index (κ1) is 15.9. The van der Waals surface area contributed by atoms with Gasteiger partial charge in [0.1, 0.15) is 5.82 Å². The summed E-state index contributed by atoms with van der Waals surface area (Å²) in [6.45, 7) is 2.28. The molecule has 2 aromatic carbocycles. The first-order valence-corrected chi connectivity index (χ1v) is 7.63. The van der Waals surface area contributed by atoms with Crippen LogP contribution in [0.4, 0.5) is 0 Å². The average molecular weight is 325 g/mol. The predicted octanol–water partition coefficient (Wildman–Crippen LogP) is 2.58. The highest BCUT2D eigenvalue weighted by Gasteiger charge is 2.07. The molecule has 0 unspecified atom stereocenters. The predicted molar refractivity (Wildman–Crippen MR) is 91.2 cm³/mol. The van der Waals surface area contributed by atoms with Crippen LogP contribution in [-0.4, -0.2) is 29.6 Å². The Balaban J connectivity index is 1.54. The van der Waals surface area contributed by atoms with Gasteiger partial charge in [-0.05, 0) is 36.8 Å². The van der Waals surface area contributed by atoms with Crippen molar-refractivity contribution in [3.05, 3.63) is 53.9 Å². The second-order valence-corrected chi connectivity index (χ2v) is 5.39. The number of para-hydroxylation sites is 2. The fourth-order valence-corrected chi connectivity index (χ4v) is 2.43. The molecule has 0 radical (unpaired) electrons. The zero-order valence-corrected chi connectivity index (χ0v) is 13.6. The third-order valence-electron chi connectivity index (χ3n) is 3.58. The van der Waals surface area contributed by atoms with Gasteiger partial charge in [-0.15, -0.1) is 0 Å². The summed E-state index contributed by atoms with van der Waals surface area (Å²) in [6, 6.07) is 13.1. The van der Waals surface area contributed by atoms with Crippen molar-refractivity contribution in [3.63, 3.8) is 0 Å². The Morgan fingerprint density at radius 3 is 2.79 bits per heavy atom. The minimum Gasteiger partial charge on any atom is -0.493 e. The number of imidazole rings is 1. The molecule has 2 N–H and O–H groups in total. The standard InChI is InChI=1S/C18H19N3O3/c1-12-20-14-8-7-13(9-15(14)21-12)10-19-18(22)11-24-17-6-4-3-5-16(17)23-2/h3-9H,10-11H2,1-2H3,(H,19,22)(H,20,21). The minimum absolute atomic E-state index is 0.0637. The van der Waals surface area contributed by atoms with E-state index in [-0.39, 0.29) is 12.5 Å². The zero-order valence-electron chi connectivity index (χ0n) is 13.6. The summed E-state index contributed by atoms with van der Waals surface area (Å²) in [4.78, 5) is 19.5. The van der Waals surface area contributed by atoms with Gasteiger partial charge in [-0.2, -0.15) is 0 Å². The molecule has 124 valence electrons. The van der Waals surface area contributed by atoms with Gasteiger partial charge in [-0.1, -0.05) is 18.2 Å². The van der Waals surface area contributed by atoms with Gasteiger partial charge in [0, 0.05) is 6.54 Å². The van der Waals surface area contributed by atoms with E-state index in [1.54, 1.807) is 19.2 Å². The van der Waals surface area contributed by atoms with Gasteiger partial charge in [-0.25, -0.2) is 4.98 Å². The van der Waals surface area contributed by atoms with Crippen LogP contribution in [0.15, 0.2) is 42.5 Å². The highest BCUT2D eigenvalue weighted by atomic mass is 16.5. The molecule has 0 fully saturated rings. The Bertz CT molecular complexity index is 858. The highest BCUT2D eigenvalue weighted by molar-refractivity contribution is 5.78. The lowest BCUT2D eigenvalue weighted by atomic mass is 10.2. The van der Waals surface area contributed by atoms with Crippen molar-refractivity contribution >= 4 is 16.9 Å². The molecule has 6 heteroatoms. The number of carbonyl (C=O) groups is 1. The van der Waals surface area contributed by atoms with Crippen LogP contribution in [0, 0.1) is 6.92 Å². The number of fused-ring (bicyclic) bond motifs is 1. The largest absolute Gasteiger partial charge is 0.493 e. The fraction of sp³-hybridized carbons (Fsp3) is 0.222. The number of hydrogen-bond donors (Lipinski definition) is 2. The summed E-state index contributed by atoms with van der Waals surface area (Å²) in [5, 5.41) is 2.84. The summed E-state index contributed by atoms with van der Waals surface area (Å²) in [7, 11) is 1.57. The number of nitrogens with one attached hydrogen (secondary N) is 2. The SMILES string of the molecule is COc1ccccc1OCC(=O)NCc1ccc2nc(C)[nH]c2c1. The molecule has 0 spiro atoms. The molecule has 6 nitrogen and oxygen atoms in total. The molecule has 0 aliphatic carbocycles. The molecule has 3 aromatic rings. The zero-order chi connectivity index (χ0) is 16.9. The monoisotopic (exact) mass is 325 g/mol. The summed E-state index contributed by atoms with van der Waals surface area (Å²) in [6.07, 6.45) is 0. The summed E-state index contributed by atoms with van der Waals surface area (Å²) in [5.74, 6) is 1.83. The van der Waals surface area contributed by atoms with Crippen LogP contribution in [0.25, 0.3) is 11.0 Å². The quantitative estimate of drug-likeness (QED) is 0.730. The van der Waals surface area contributed by atoms with Crippen molar-refractivity contribution in [1.82, 2.24) is 15.3 Å². The summed E-state index contributed by atoms with van der Waals surface area (Å²) in [5.41, 5.74) is 2.88. The Hall–Kier alpha value is -3.02. The van der Waals surface area contributed by atoms with Crippen molar-refractivity contribution in [2.75, 3.05) is 13.7 Å². The molecular weight excluding hydrogens is 306 g/mol. The van der Waals surface area contributed by atoms with Crippen molar-refractivity contribution in [2.45, 2.75) is 13.5 Å². The Labute approximate surface area is 139 Å². The topological polar surface area (TPSA) is 76.2 Å². The lowest BCUT2D eigenvalue weighted by Gasteiger charge is -2.10. The number of rotatable bonds is 6. The fourth-order valence-electron chi connectivity index (χ4n) is 2.43.